The summed E-state index contributed by atoms with van der Waals surface area (Å²) >= 11 is 6.35. The molecule has 0 bridgehead atoms. The Morgan fingerprint density at radius 2 is 2.21 bits per heavy atom. The first-order valence-electron chi connectivity index (χ1n) is 8.19. The number of thiophene rings is 1. The van der Waals surface area contributed by atoms with Gasteiger partial charge in [-0.25, -0.2) is 0 Å². The molecule has 0 unspecified atom stereocenters. The molecule has 1 aliphatic rings. The Balaban J connectivity index is 1.93. The molecular formula is C18H14N4O5S2. The van der Waals surface area contributed by atoms with Crippen molar-refractivity contribution in [2.24, 2.45) is 0 Å². The predicted molar refractivity (Wildman–Crippen MR) is 112 cm³/mol. The number of carbonyl (C=O) groups is 2. The smallest absolute Gasteiger partial charge is 0.338 e. The number of rotatable bonds is 6. The van der Waals surface area contributed by atoms with E-state index in [1.807, 2.05) is 0 Å². The molecule has 2 amide bonds. The van der Waals surface area contributed by atoms with Crippen LogP contribution in [0.3, 0.4) is 0 Å². The second-order valence-corrected chi connectivity index (χ2v) is 7.17. The monoisotopic (exact) mass is 430 g/mol. The third kappa shape index (κ3) is 4.05. The quantitative estimate of drug-likeness (QED) is 0.187. The van der Waals surface area contributed by atoms with Gasteiger partial charge < -0.3 is 4.52 Å². The molecule has 3 heterocycles. The van der Waals surface area contributed by atoms with Gasteiger partial charge >= 0.3 is 5.69 Å². The Hall–Kier alpha value is -3.44. The van der Waals surface area contributed by atoms with Gasteiger partial charge in [-0.2, -0.15) is 0 Å². The van der Waals surface area contributed by atoms with Crippen LogP contribution < -0.4 is 5.32 Å². The van der Waals surface area contributed by atoms with Crippen molar-refractivity contribution in [1.82, 2.24) is 15.4 Å². The van der Waals surface area contributed by atoms with Crippen LogP contribution >= 0.6 is 23.6 Å². The number of thiocarbonyl (C=S) groups is 1. The van der Waals surface area contributed by atoms with Crippen LogP contribution in [-0.4, -0.2) is 38.5 Å². The highest BCUT2D eigenvalue weighted by Gasteiger charge is 2.32. The summed E-state index contributed by atoms with van der Waals surface area (Å²) in [5.41, 5.74) is 0.476. The molecule has 1 N–H and O–H groups in total. The van der Waals surface area contributed by atoms with Crippen molar-refractivity contribution in [3.63, 3.8) is 0 Å². The zero-order valence-electron chi connectivity index (χ0n) is 15.1. The summed E-state index contributed by atoms with van der Waals surface area (Å²) in [4.78, 5) is 37.4. The summed E-state index contributed by atoms with van der Waals surface area (Å²) in [5, 5.41) is 19.0. The van der Waals surface area contributed by atoms with Gasteiger partial charge in [0, 0.05) is 11.4 Å². The Morgan fingerprint density at radius 3 is 2.90 bits per heavy atom. The third-order valence-electron chi connectivity index (χ3n) is 3.95. The lowest BCUT2D eigenvalue weighted by Gasteiger charge is -2.27. The van der Waals surface area contributed by atoms with Gasteiger partial charge in [0.15, 0.2) is 10.8 Å². The van der Waals surface area contributed by atoms with Gasteiger partial charge in [0.05, 0.1) is 4.92 Å². The van der Waals surface area contributed by atoms with E-state index < -0.39 is 16.7 Å². The maximum absolute atomic E-state index is 12.6. The summed E-state index contributed by atoms with van der Waals surface area (Å²) in [6.07, 6.45) is 5.98. The molecule has 9 nitrogen and oxygen atoms in total. The Morgan fingerprint density at radius 1 is 1.45 bits per heavy atom. The van der Waals surface area contributed by atoms with Crippen LogP contribution in [0, 0.1) is 17.0 Å². The van der Waals surface area contributed by atoms with Crippen LogP contribution in [0.1, 0.15) is 21.9 Å². The average Bonchev–Trinajstić information content (AvgIpc) is 3.26. The van der Waals surface area contributed by atoms with Gasteiger partial charge in [-0.05, 0) is 54.4 Å². The van der Waals surface area contributed by atoms with E-state index in [0.29, 0.717) is 10.4 Å². The van der Waals surface area contributed by atoms with E-state index in [2.05, 4.69) is 17.1 Å². The lowest BCUT2D eigenvalue weighted by atomic mass is 10.1. The van der Waals surface area contributed by atoms with Crippen molar-refractivity contribution in [1.29, 1.82) is 0 Å². The summed E-state index contributed by atoms with van der Waals surface area (Å²) in [6, 6.07) is 1.72. The van der Waals surface area contributed by atoms with Gasteiger partial charge in [0.2, 0.25) is 5.76 Å². The fourth-order valence-electron chi connectivity index (χ4n) is 2.60. The van der Waals surface area contributed by atoms with Crippen LogP contribution in [0.2, 0.25) is 0 Å². The Labute approximate surface area is 174 Å². The van der Waals surface area contributed by atoms with Crippen molar-refractivity contribution in [3.05, 3.63) is 61.7 Å². The molecule has 148 valence electrons. The van der Waals surface area contributed by atoms with E-state index in [9.17, 15) is 19.7 Å². The van der Waals surface area contributed by atoms with E-state index in [1.54, 1.807) is 17.5 Å². The number of aromatic nitrogens is 1. The summed E-state index contributed by atoms with van der Waals surface area (Å²) in [5.74, 6) is -1.11. The Kier molecular flexibility index (Phi) is 5.80. The first-order valence-corrected chi connectivity index (χ1v) is 9.48. The molecule has 11 heteroatoms. The minimum Gasteiger partial charge on any atom is -0.349 e. The zero-order chi connectivity index (χ0) is 21.1. The molecule has 2 aromatic rings. The molecule has 1 fully saturated rings. The standard InChI is InChI=1S/C18H14N4O5S2/c1-3-7-21-17(24)12(16(23)19-18(21)28)9-11-6-8-29-14(11)5-4-13-15(22(25)26)10(2)20-27-13/h3-6,8-9H,1,7H2,2H3,(H,19,23,28). The number of amides is 2. The SMILES string of the molecule is C=CCN1C(=O)C(=Cc2ccsc2C=Cc2onc(C)c2[N+](=O)[O-])C(=O)NC1=S. The van der Waals surface area contributed by atoms with E-state index in [-0.39, 0.29) is 34.4 Å². The maximum atomic E-state index is 12.6. The van der Waals surface area contributed by atoms with Crippen LogP contribution in [0.4, 0.5) is 5.69 Å². The van der Waals surface area contributed by atoms with Gasteiger partial charge in [0.1, 0.15) is 5.57 Å². The first kappa shape index (κ1) is 20.3. The molecule has 0 aromatic carbocycles. The molecule has 0 radical (unpaired) electrons. The molecule has 3 rings (SSSR count). The average molecular weight is 430 g/mol. The summed E-state index contributed by atoms with van der Waals surface area (Å²) < 4.78 is 4.99. The maximum Gasteiger partial charge on any atom is 0.338 e. The molecule has 1 aliphatic heterocycles. The number of nitro groups is 1. The number of hydrogen-bond donors (Lipinski definition) is 1. The molecule has 29 heavy (non-hydrogen) atoms. The normalized spacial score (nSPS) is 16.0. The van der Waals surface area contributed by atoms with Gasteiger partial charge in [-0.1, -0.05) is 11.2 Å². The van der Waals surface area contributed by atoms with Crippen LogP contribution in [-0.2, 0) is 9.59 Å². The summed E-state index contributed by atoms with van der Waals surface area (Å²) in [7, 11) is 0. The molecule has 0 saturated carbocycles. The van der Waals surface area contributed by atoms with E-state index >= 15 is 0 Å². The lowest BCUT2D eigenvalue weighted by molar-refractivity contribution is -0.386. The van der Waals surface area contributed by atoms with Crippen LogP contribution in [0.5, 0.6) is 0 Å². The number of nitrogens with one attached hydrogen (secondary N) is 1. The number of aryl methyl sites for hydroxylation is 1. The topological polar surface area (TPSA) is 119 Å². The fraction of sp³-hybridized carbons (Fsp3) is 0.111. The van der Waals surface area contributed by atoms with Gasteiger partial charge in [-0.3, -0.25) is 29.9 Å². The number of nitrogens with zero attached hydrogens (tertiary/aromatic N) is 3. The molecule has 2 aromatic heterocycles. The molecule has 1 saturated heterocycles. The summed E-state index contributed by atoms with van der Waals surface area (Å²) in [6.45, 7) is 5.22. The second kappa shape index (κ2) is 8.29. The van der Waals surface area contributed by atoms with E-state index in [4.69, 9.17) is 16.7 Å². The molecule has 0 atom stereocenters. The highest BCUT2D eigenvalue weighted by molar-refractivity contribution is 7.80. The Bertz CT molecular complexity index is 1100. The number of hydrogen-bond acceptors (Lipinski definition) is 8. The molecular weight excluding hydrogens is 416 g/mol. The van der Waals surface area contributed by atoms with Gasteiger partial charge in [0.25, 0.3) is 11.8 Å². The predicted octanol–water partition coefficient (Wildman–Crippen LogP) is 2.94. The zero-order valence-corrected chi connectivity index (χ0v) is 16.7. The number of carbonyl (C=O) groups excluding carboxylic acids is 2. The second-order valence-electron chi connectivity index (χ2n) is 5.83. The van der Waals surface area contributed by atoms with E-state index in [1.165, 1.54) is 41.4 Å². The van der Waals surface area contributed by atoms with Crippen molar-refractivity contribution in [2.75, 3.05) is 6.54 Å². The highest BCUT2D eigenvalue weighted by Crippen LogP contribution is 2.27. The van der Waals surface area contributed by atoms with E-state index in [0.717, 1.165) is 0 Å². The molecule has 0 spiro atoms. The van der Waals surface area contributed by atoms with Crippen molar-refractivity contribution in [2.45, 2.75) is 6.92 Å². The third-order valence-corrected chi connectivity index (χ3v) is 5.17. The van der Waals surface area contributed by atoms with Crippen LogP contribution in [0.15, 0.2) is 34.2 Å². The van der Waals surface area contributed by atoms with Crippen molar-refractivity contribution in [3.8, 4) is 0 Å². The van der Waals surface area contributed by atoms with Crippen molar-refractivity contribution >= 4 is 64.4 Å². The fourth-order valence-corrected chi connectivity index (χ4v) is 3.62. The minimum atomic E-state index is -0.595. The minimum absolute atomic E-state index is 0.00787. The molecule has 0 aliphatic carbocycles. The van der Waals surface area contributed by atoms with Crippen LogP contribution in [0.25, 0.3) is 18.2 Å². The largest absolute Gasteiger partial charge is 0.349 e. The highest BCUT2D eigenvalue weighted by atomic mass is 32.1. The van der Waals surface area contributed by atoms with Gasteiger partial charge in [-0.15, -0.1) is 17.9 Å². The first-order chi connectivity index (χ1) is 13.8. The lowest BCUT2D eigenvalue weighted by Crippen LogP contribution is -2.53. The van der Waals surface area contributed by atoms with Crippen molar-refractivity contribution < 1.29 is 19.0 Å².